The van der Waals surface area contributed by atoms with Gasteiger partial charge in [-0.1, -0.05) is 18.2 Å². The SMILES string of the molecule is COC(=O)c1cccc(C(=O)NCc2cccc(C(=O)O)c2)c1. The lowest BCUT2D eigenvalue weighted by Gasteiger charge is -2.07. The number of benzene rings is 2. The summed E-state index contributed by atoms with van der Waals surface area (Å²) in [6.07, 6.45) is 0. The predicted molar refractivity (Wildman–Crippen MR) is 82.4 cm³/mol. The molecule has 0 aliphatic heterocycles. The van der Waals surface area contributed by atoms with Gasteiger partial charge in [-0.3, -0.25) is 4.79 Å². The third-order valence-electron chi connectivity index (χ3n) is 3.17. The summed E-state index contributed by atoms with van der Waals surface area (Å²) in [5.74, 6) is -1.91. The van der Waals surface area contributed by atoms with E-state index in [9.17, 15) is 14.4 Å². The molecule has 0 fully saturated rings. The number of aromatic carboxylic acids is 1. The third-order valence-corrected chi connectivity index (χ3v) is 3.17. The Hall–Kier alpha value is -3.15. The summed E-state index contributed by atoms with van der Waals surface area (Å²) >= 11 is 0. The topological polar surface area (TPSA) is 92.7 Å². The Morgan fingerprint density at radius 1 is 1.00 bits per heavy atom. The molecule has 2 aromatic rings. The summed E-state index contributed by atoms with van der Waals surface area (Å²) in [5, 5.41) is 11.6. The molecule has 2 aromatic carbocycles. The van der Waals surface area contributed by atoms with E-state index < -0.39 is 11.9 Å². The van der Waals surface area contributed by atoms with E-state index >= 15 is 0 Å². The lowest BCUT2D eigenvalue weighted by Crippen LogP contribution is -2.23. The number of rotatable bonds is 5. The maximum atomic E-state index is 12.1. The molecule has 2 rings (SSSR count). The first-order chi connectivity index (χ1) is 11.0. The Morgan fingerprint density at radius 2 is 1.65 bits per heavy atom. The molecule has 0 aromatic heterocycles. The highest BCUT2D eigenvalue weighted by Gasteiger charge is 2.11. The maximum absolute atomic E-state index is 12.1. The molecule has 6 heteroatoms. The number of hydrogen-bond donors (Lipinski definition) is 2. The standard InChI is InChI=1S/C17H15NO5/c1-23-17(22)14-7-3-5-12(9-14)15(19)18-10-11-4-2-6-13(8-11)16(20)21/h2-9H,10H2,1H3,(H,18,19)(H,20,21). The zero-order valence-electron chi connectivity index (χ0n) is 12.4. The van der Waals surface area contributed by atoms with Crippen LogP contribution in [0.15, 0.2) is 48.5 Å². The van der Waals surface area contributed by atoms with Crippen LogP contribution in [0, 0.1) is 0 Å². The van der Waals surface area contributed by atoms with Gasteiger partial charge >= 0.3 is 11.9 Å². The van der Waals surface area contributed by atoms with Crippen molar-refractivity contribution in [1.82, 2.24) is 5.32 Å². The smallest absolute Gasteiger partial charge is 0.337 e. The van der Waals surface area contributed by atoms with Crippen LogP contribution in [0.2, 0.25) is 0 Å². The second-order valence-electron chi connectivity index (χ2n) is 4.76. The first-order valence-corrected chi connectivity index (χ1v) is 6.80. The van der Waals surface area contributed by atoms with Crippen molar-refractivity contribution in [2.45, 2.75) is 6.54 Å². The molecule has 0 aliphatic rings. The Balaban J connectivity index is 2.06. The maximum Gasteiger partial charge on any atom is 0.337 e. The van der Waals surface area contributed by atoms with E-state index in [4.69, 9.17) is 5.11 Å². The Morgan fingerprint density at radius 3 is 2.35 bits per heavy atom. The summed E-state index contributed by atoms with van der Waals surface area (Å²) in [7, 11) is 1.27. The molecule has 0 atom stereocenters. The van der Waals surface area contributed by atoms with E-state index in [-0.39, 0.29) is 23.6 Å². The van der Waals surface area contributed by atoms with Gasteiger partial charge in [0.15, 0.2) is 0 Å². The average molecular weight is 313 g/mol. The van der Waals surface area contributed by atoms with E-state index in [2.05, 4.69) is 10.1 Å². The fourth-order valence-electron chi connectivity index (χ4n) is 2.00. The van der Waals surface area contributed by atoms with Gasteiger partial charge in [0.2, 0.25) is 0 Å². The molecular weight excluding hydrogens is 298 g/mol. The van der Waals surface area contributed by atoms with Crippen molar-refractivity contribution in [3.63, 3.8) is 0 Å². The van der Waals surface area contributed by atoms with E-state index in [1.807, 2.05) is 0 Å². The number of methoxy groups -OCH3 is 1. The van der Waals surface area contributed by atoms with Crippen LogP contribution in [0.5, 0.6) is 0 Å². The number of amides is 1. The molecular formula is C17H15NO5. The highest BCUT2D eigenvalue weighted by molar-refractivity contribution is 5.97. The van der Waals surface area contributed by atoms with Crippen LogP contribution in [0.3, 0.4) is 0 Å². The van der Waals surface area contributed by atoms with Gasteiger partial charge in [0.05, 0.1) is 18.2 Å². The Kier molecular flexibility index (Phi) is 5.09. The molecule has 0 saturated heterocycles. The normalized spacial score (nSPS) is 9.96. The van der Waals surface area contributed by atoms with Crippen molar-refractivity contribution in [3.8, 4) is 0 Å². The molecule has 23 heavy (non-hydrogen) atoms. The predicted octanol–water partition coefficient (Wildman–Crippen LogP) is 2.10. The third kappa shape index (κ3) is 4.16. The summed E-state index contributed by atoms with van der Waals surface area (Å²) in [6.45, 7) is 0.183. The van der Waals surface area contributed by atoms with Crippen molar-refractivity contribution in [2.75, 3.05) is 7.11 Å². The lowest BCUT2D eigenvalue weighted by molar-refractivity contribution is 0.0599. The van der Waals surface area contributed by atoms with E-state index in [1.165, 1.54) is 25.3 Å². The number of esters is 1. The number of carbonyl (C=O) groups is 3. The molecule has 0 radical (unpaired) electrons. The molecule has 0 unspecified atom stereocenters. The van der Waals surface area contributed by atoms with Gasteiger partial charge < -0.3 is 15.2 Å². The van der Waals surface area contributed by atoms with E-state index in [0.29, 0.717) is 11.1 Å². The highest BCUT2D eigenvalue weighted by atomic mass is 16.5. The summed E-state index contributed by atoms with van der Waals surface area (Å²) < 4.78 is 4.61. The summed E-state index contributed by atoms with van der Waals surface area (Å²) in [5.41, 5.74) is 1.43. The van der Waals surface area contributed by atoms with Crippen LogP contribution >= 0.6 is 0 Å². The summed E-state index contributed by atoms with van der Waals surface area (Å²) in [4.78, 5) is 34.5. The molecule has 0 bridgehead atoms. The van der Waals surface area contributed by atoms with Gasteiger partial charge in [-0.2, -0.15) is 0 Å². The molecule has 6 nitrogen and oxygen atoms in total. The van der Waals surface area contributed by atoms with Gasteiger partial charge in [-0.05, 0) is 35.9 Å². The number of ether oxygens (including phenoxy) is 1. The minimum atomic E-state index is -1.02. The van der Waals surface area contributed by atoms with Crippen LogP contribution < -0.4 is 5.32 Å². The number of carbonyl (C=O) groups excluding carboxylic acids is 2. The van der Waals surface area contributed by atoms with Crippen LogP contribution in [0.4, 0.5) is 0 Å². The van der Waals surface area contributed by atoms with Crippen molar-refractivity contribution in [1.29, 1.82) is 0 Å². The van der Waals surface area contributed by atoms with Crippen LogP contribution in [0.1, 0.15) is 36.6 Å². The monoisotopic (exact) mass is 313 g/mol. The molecule has 0 aliphatic carbocycles. The van der Waals surface area contributed by atoms with Crippen molar-refractivity contribution < 1.29 is 24.2 Å². The van der Waals surface area contributed by atoms with Crippen LogP contribution in [-0.4, -0.2) is 30.1 Å². The van der Waals surface area contributed by atoms with Crippen molar-refractivity contribution in [3.05, 3.63) is 70.8 Å². The average Bonchev–Trinajstić information content (AvgIpc) is 2.59. The summed E-state index contributed by atoms with van der Waals surface area (Å²) in [6, 6.07) is 12.5. The fraction of sp³-hybridized carbons (Fsp3) is 0.118. The van der Waals surface area contributed by atoms with Crippen molar-refractivity contribution in [2.24, 2.45) is 0 Å². The number of nitrogens with one attached hydrogen (secondary N) is 1. The van der Waals surface area contributed by atoms with Gasteiger partial charge in [0.1, 0.15) is 0 Å². The molecule has 0 saturated carbocycles. The van der Waals surface area contributed by atoms with E-state index in [0.717, 1.165) is 0 Å². The second kappa shape index (κ2) is 7.22. The quantitative estimate of drug-likeness (QED) is 0.825. The van der Waals surface area contributed by atoms with Gasteiger partial charge in [0.25, 0.3) is 5.91 Å². The Labute approximate surface area is 132 Å². The zero-order valence-corrected chi connectivity index (χ0v) is 12.4. The Bertz CT molecular complexity index is 754. The van der Waals surface area contributed by atoms with Gasteiger partial charge in [0, 0.05) is 12.1 Å². The molecule has 0 heterocycles. The van der Waals surface area contributed by atoms with Gasteiger partial charge in [-0.15, -0.1) is 0 Å². The van der Waals surface area contributed by atoms with E-state index in [1.54, 1.807) is 30.3 Å². The molecule has 2 N–H and O–H groups in total. The molecule has 118 valence electrons. The minimum absolute atomic E-state index is 0.157. The number of hydrogen-bond acceptors (Lipinski definition) is 4. The lowest BCUT2D eigenvalue weighted by atomic mass is 10.1. The first kappa shape index (κ1) is 16.2. The molecule has 0 spiro atoms. The van der Waals surface area contributed by atoms with Crippen molar-refractivity contribution >= 4 is 17.8 Å². The van der Waals surface area contributed by atoms with Crippen LogP contribution in [-0.2, 0) is 11.3 Å². The zero-order chi connectivity index (χ0) is 16.8. The number of carboxylic acid groups (broad SMARTS) is 1. The number of carboxylic acids is 1. The second-order valence-corrected chi connectivity index (χ2v) is 4.76. The fourth-order valence-corrected chi connectivity index (χ4v) is 2.00. The highest BCUT2D eigenvalue weighted by Crippen LogP contribution is 2.08. The van der Waals surface area contributed by atoms with Gasteiger partial charge in [-0.25, -0.2) is 9.59 Å². The molecule has 1 amide bonds. The largest absolute Gasteiger partial charge is 0.478 e. The van der Waals surface area contributed by atoms with Crippen LogP contribution in [0.25, 0.3) is 0 Å². The first-order valence-electron chi connectivity index (χ1n) is 6.80. The minimum Gasteiger partial charge on any atom is -0.478 e.